The van der Waals surface area contributed by atoms with Gasteiger partial charge < -0.3 is 10.2 Å². The van der Waals surface area contributed by atoms with Crippen molar-refractivity contribution in [3.8, 4) is 11.4 Å². The zero-order valence-corrected chi connectivity index (χ0v) is 20.2. The first-order chi connectivity index (χ1) is 18.4. The number of rotatable bonds is 6. The van der Waals surface area contributed by atoms with Crippen LogP contribution in [0.25, 0.3) is 11.4 Å². The minimum atomic E-state index is -4.90. The predicted octanol–water partition coefficient (Wildman–Crippen LogP) is 4.61. The standard InChI is InChI=1S/C24H20F6N8O/c1-13(15-4-6-16(7-5-15)20-32-35-36-33-20)31-21(39)18-19(24(28,29)30)34-38-11-10-37(22(18)38)12-14-2-8-17(9-3-14)23(25,26)27/h2-9,13H,10-12H2,1H3,(H,31,39)(H,32,33,35,36). The van der Waals surface area contributed by atoms with Gasteiger partial charge in [0.05, 0.1) is 18.2 Å². The van der Waals surface area contributed by atoms with Crippen LogP contribution in [0.3, 0.4) is 0 Å². The first kappa shape index (κ1) is 26.2. The van der Waals surface area contributed by atoms with Crippen LogP contribution < -0.4 is 10.2 Å². The number of aromatic amines is 1. The summed E-state index contributed by atoms with van der Waals surface area (Å²) in [6, 6.07) is 10.4. The molecule has 204 valence electrons. The van der Waals surface area contributed by atoms with Crippen LogP contribution >= 0.6 is 0 Å². The average Bonchev–Trinajstić information content (AvgIpc) is 3.62. The molecule has 1 unspecified atom stereocenters. The second kappa shape index (κ2) is 9.71. The largest absolute Gasteiger partial charge is 0.436 e. The Morgan fingerprint density at radius 1 is 1.00 bits per heavy atom. The summed E-state index contributed by atoms with van der Waals surface area (Å²) < 4.78 is 81.6. The molecular weight excluding hydrogens is 530 g/mol. The topological polar surface area (TPSA) is 105 Å². The first-order valence-electron chi connectivity index (χ1n) is 11.7. The molecule has 1 aliphatic heterocycles. The fourth-order valence-electron chi connectivity index (χ4n) is 4.39. The van der Waals surface area contributed by atoms with Gasteiger partial charge in [-0.1, -0.05) is 36.4 Å². The molecule has 1 amide bonds. The number of tetrazole rings is 1. The number of benzene rings is 2. The number of carbonyl (C=O) groups is 1. The minimum Gasteiger partial charge on any atom is -0.350 e. The molecule has 4 aromatic rings. The number of nitrogens with one attached hydrogen (secondary N) is 2. The zero-order chi connectivity index (χ0) is 27.9. The highest BCUT2D eigenvalue weighted by Crippen LogP contribution is 2.39. The summed E-state index contributed by atoms with van der Waals surface area (Å²) in [4.78, 5) is 14.8. The van der Waals surface area contributed by atoms with Crippen LogP contribution in [0.1, 0.15) is 45.7 Å². The number of halogens is 6. The summed E-state index contributed by atoms with van der Waals surface area (Å²) >= 11 is 0. The van der Waals surface area contributed by atoms with E-state index in [9.17, 15) is 31.1 Å². The molecule has 1 atom stereocenters. The van der Waals surface area contributed by atoms with E-state index in [-0.39, 0.29) is 25.5 Å². The van der Waals surface area contributed by atoms with Crippen molar-refractivity contribution in [3.63, 3.8) is 0 Å². The second-order valence-electron chi connectivity index (χ2n) is 8.94. The molecule has 0 aliphatic carbocycles. The molecular formula is C24H20F6N8O. The minimum absolute atomic E-state index is 0.00545. The molecule has 9 nitrogen and oxygen atoms in total. The molecule has 0 saturated heterocycles. The van der Waals surface area contributed by atoms with Crippen molar-refractivity contribution in [3.05, 3.63) is 76.5 Å². The number of nitrogens with zero attached hydrogens (tertiary/aromatic N) is 6. The van der Waals surface area contributed by atoms with Gasteiger partial charge in [0.1, 0.15) is 11.4 Å². The highest BCUT2D eigenvalue weighted by atomic mass is 19.4. The molecule has 0 spiro atoms. The average molecular weight is 550 g/mol. The number of hydrogen-bond donors (Lipinski definition) is 2. The molecule has 2 N–H and O–H groups in total. The molecule has 1 aliphatic rings. The van der Waals surface area contributed by atoms with Crippen LogP contribution in [0.5, 0.6) is 0 Å². The Hall–Kier alpha value is -4.43. The molecule has 15 heteroatoms. The number of carbonyl (C=O) groups excluding carboxylic acids is 1. The van der Waals surface area contributed by atoms with E-state index in [1.807, 2.05) is 0 Å². The molecule has 2 aromatic heterocycles. The third kappa shape index (κ3) is 5.28. The van der Waals surface area contributed by atoms with Gasteiger partial charge in [-0.05, 0) is 35.4 Å². The van der Waals surface area contributed by atoms with Crippen molar-refractivity contribution in [2.75, 3.05) is 11.4 Å². The molecule has 0 radical (unpaired) electrons. The van der Waals surface area contributed by atoms with Gasteiger partial charge in [0.25, 0.3) is 5.91 Å². The van der Waals surface area contributed by atoms with Crippen LogP contribution in [-0.2, 0) is 25.4 Å². The van der Waals surface area contributed by atoms with Gasteiger partial charge in [-0.25, -0.2) is 4.68 Å². The van der Waals surface area contributed by atoms with Crippen LogP contribution in [0.15, 0.2) is 48.5 Å². The first-order valence-corrected chi connectivity index (χ1v) is 11.7. The Labute approximate surface area is 216 Å². The molecule has 3 heterocycles. The normalized spacial score (nSPS) is 14.4. The van der Waals surface area contributed by atoms with Crippen molar-refractivity contribution in [1.29, 1.82) is 0 Å². The molecule has 0 saturated carbocycles. The van der Waals surface area contributed by atoms with Crippen molar-refractivity contribution < 1.29 is 31.1 Å². The van der Waals surface area contributed by atoms with Crippen molar-refractivity contribution in [2.45, 2.75) is 38.4 Å². The monoisotopic (exact) mass is 550 g/mol. The quantitative estimate of drug-likeness (QED) is 0.340. The number of anilines is 1. The summed E-state index contributed by atoms with van der Waals surface area (Å²) in [5.74, 6) is -0.659. The van der Waals surface area contributed by atoms with Crippen LogP contribution in [0.4, 0.5) is 32.2 Å². The molecule has 0 bridgehead atoms. The van der Waals surface area contributed by atoms with Crippen molar-refractivity contribution in [1.82, 2.24) is 35.7 Å². The highest BCUT2D eigenvalue weighted by Gasteiger charge is 2.44. The lowest BCUT2D eigenvalue weighted by molar-refractivity contribution is -0.142. The number of fused-ring (bicyclic) bond motifs is 1. The van der Waals surface area contributed by atoms with Crippen LogP contribution in [0, 0.1) is 0 Å². The molecule has 2 aromatic carbocycles. The molecule has 5 rings (SSSR count). The van der Waals surface area contributed by atoms with E-state index in [1.165, 1.54) is 17.0 Å². The Morgan fingerprint density at radius 2 is 1.69 bits per heavy atom. The SMILES string of the molecule is CC(NC(=O)c1c(C(F)(F)F)nn2c1N(Cc1ccc(C(F)(F)F)cc1)CC2)c1ccc(-c2nn[nH]n2)cc1. The van der Waals surface area contributed by atoms with E-state index in [1.54, 1.807) is 31.2 Å². The van der Waals surface area contributed by atoms with Gasteiger partial charge in [0, 0.05) is 18.7 Å². The number of alkyl halides is 6. The van der Waals surface area contributed by atoms with Gasteiger partial charge in [-0.15, -0.1) is 10.2 Å². The number of amides is 1. The van der Waals surface area contributed by atoms with E-state index in [2.05, 4.69) is 31.0 Å². The fraction of sp³-hybridized carbons (Fsp3) is 0.292. The van der Waals surface area contributed by atoms with Gasteiger partial charge in [0.15, 0.2) is 5.69 Å². The predicted molar refractivity (Wildman–Crippen MR) is 125 cm³/mol. The summed E-state index contributed by atoms with van der Waals surface area (Å²) in [7, 11) is 0. The number of aromatic nitrogens is 6. The third-order valence-electron chi connectivity index (χ3n) is 6.32. The fourth-order valence-corrected chi connectivity index (χ4v) is 4.39. The second-order valence-corrected chi connectivity index (χ2v) is 8.94. The maximum atomic E-state index is 13.9. The summed E-state index contributed by atoms with van der Waals surface area (Å²) in [5.41, 5.74) is -1.09. The summed E-state index contributed by atoms with van der Waals surface area (Å²) in [6.45, 7) is 1.93. The van der Waals surface area contributed by atoms with E-state index in [0.29, 0.717) is 22.5 Å². The van der Waals surface area contributed by atoms with E-state index in [4.69, 9.17) is 0 Å². The highest BCUT2D eigenvalue weighted by molar-refractivity contribution is 6.01. The lowest BCUT2D eigenvalue weighted by Crippen LogP contribution is -2.31. The summed E-state index contributed by atoms with van der Waals surface area (Å²) in [5, 5.41) is 19.8. The maximum absolute atomic E-state index is 13.9. The van der Waals surface area contributed by atoms with Crippen molar-refractivity contribution in [2.24, 2.45) is 0 Å². The number of hydrogen-bond acceptors (Lipinski definition) is 6. The maximum Gasteiger partial charge on any atom is 0.436 e. The van der Waals surface area contributed by atoms with E-state index >= 15 is 0 Å². The molecule has 0 fully saturated rings. The smallest absolute Gasteiger partial charge is 0.350 e. The Bertz CT molecular complexity index is 1460. The zero-order valence-electron chi connectivity index (χ0n) is 20.2. The van der Waals surface area contributed by atoms with Crippen molar-refractivity contribution >= 4 is 11.7 Å². The van der Waals surface area contributed by atoms with Gasteiger partial charge >= 0.3 is 12.4 Å². The van der Waals surface area contributed by atoms with Crippen LogP contribution in [-0.4, -0.2) is 42.9 Å². The Kier molecular flexibility index (Phi) is 6.52. The lowest BCUT2D eigenvalue weighted by Gasteiger charge is -2.21. The molecule has 39 heavy (non-hydrogen) atoms. The van der Waals surface area contributed by atoms with Crippen LogP contribution in [0.2, 0.25) is 0 Å². The van der Waals surface area contributed by atoms with Gasteiger partial charge in [-0.3, -0.25) is 4.79 Å². The van der Waals surface area contributed by atoms with Gasteiger partial charge in [0.2, 0.25) is 5.82 Å². The Balaban J connectivity index is 1.40. The lowest BCUT2D eigenvalue weighted by atomic mass is 10.0. The number of H-pyrrole nitrogens is 1. The van der Waals surface area contributed by atoms with E-state index < -0.39 is 41.1 Å². The van der Waals surface area contributed by atoms with E-state index in [0.717, 1.165) is 16.8 Å². The third-order valence-corrected chi connectivity index (χ3v) is 6.32. The Morgan fingerprint density at radius 3 is 2.28 bits per heavy atom. The van der Waals surface area contributed by atoms with Gasteiger partial charge in [-0.2, -0.15) is 36.7 Å². The summed E-state index contributed by atoms with van der Waals surface area (Å²) in [6.07, 6.45) is -9.42.